The summed E-state index contributed by atoms with van der Waals surface area (Å²) < 4.78 is 1.54. The monoisotopic (exact) mass is 171 g/mol. The first-order chi connectivity index (χ1) is 5.15. The fraction of sp³-hybridized carbons (Fsp3) is 0.500. The highest BCUT2D eigenvalue weighted by atomic mass is 32.2. The average Bonchev–Trinajstić information content (AvgIpc) is 1.99. The van der Waals surface area contributed by atoms with Crippen LogP contribution in [0.1, 0.15) is 5.69 Å². The molecule has 0 bridgehead atoms. The smallest absolute Gasteiger partial charge is 0.253 e. The van der Waals surface area contributed by atoms with E-state index in [2.05, 4.69) is 10.1 Å². The van der Waals surface area contributed by atoms with E-state index in [0.29, 0.717) is 10.9 Å². The van der Waals surface area contributed by atoms with Crippen molar-refractivity contribution in [1.82, 2.24) is 10.1 Å². The molecule has 0 radical (unpaired) electrons. The van der Waals surface area contributed by atoms with Gasteiger partial charge < -0.3 is 5.11 Å². The molecule has 1 rings (SSSR count). The third kappa shape index (κ3) is 1.59. The number of nitrogens with zero attached hydrogens (tertiary/aromatic N) is 3. The third-order valence-corrected chi connectivity index (χ3v) is 1.95. The second-order valence-electron chi connectivity index (χ2n) is 2.11. The van der Waals surface area contributed by atoms with Crippen molar-refractivity contribution in [3.63, 3.8) is 0 Å². The predicted molar refractivity (Wildman–Crippen MR) is 39.2 cm³/mol. The lowest BCUT2D eigenvalue weighted by molar-refractivity contribution is -0.742. The van der Waals surface area contributed by atoms with Crippen molar-refractivity contribution in [2.24, 2.45) is 7.05 Å². The molecule has 0 fully saturated rings. The van der Waals surface area contributed by atoms with Crippen molar-refractivity contribution in [2.45, 2.75) is 12.1 Å². The standard InChI is InChI=1S/C6H9N3OS/c1-4-5(10)7-6(11-3)8-9(4)2/h1-3H3. The predicted octanol–water partition coefficient (Wildman–Crippen LogP) is -0.595. The van der Waals surface area contributed by atoms with Gasteiger partial charge in [-0.15, -0.1) is 0 Å². The van der Waals surface area contributed by atoms with Gasteiger partial charge in [-0.3, -0.25) is 0 Å². The van der Waals surface area contributed by atoms with Crippen molar-refractivity contribution in [3.05, 3.63) is 5.69 Å². The van der Waals surface area contributed by atoms with Gasteiger partial charge in [0.2, 0.25) is 5.69 Å². The Labute approximate surface area is 69.3 Å². The molecule has 0 spiro atoms. The lowest BCUT2D eigenvalue weighted by Gasteiger charge is -2.04. The summed E-state index contributed by atoms with van der Waals surface area (Å²) in [6.07, 6.45) is 1.84. The lowest BCUT2D eigenvalue weighted by Crippen LogP contribution is -2.38. The zero-order valence-corrected chi connectivity index (χ0v) is 7.47. The van der Waals surface area contributed by atoms with E-state index in [1.807, 2.05) is 6.26 Å². The molecule has 1 heterocycles. The van der Waals surface area contributed by atoms with Gasteiger partial charge in [-0.05, 0) is 6.26 Å². The van der Waals surface area contributed by atoms with Crippen LogP contribution in [0.4, 0.5) is 0 Å². The molecule has 0 unspecified atom stereocenters. The van der Waals surface area contributed by atoms with Gasteiger partial charge in [0.1, 0.15) is 0 Å². The summed E-state index contributed by atoms with van der Waals surface area (Å²) in [6.45, 7) is 1.70. The van der Waals surface area contributed by atoms with E-state index in [1.54, 1.807) is 18.7 Å². The van der Waals surface area contributed by atoms with E-state index in [-0.39, 0.29) is 5.88 Å². The molecule has 0 saturated heterocycles. The van der Waals surface area contributed by atoms with E-state index < -0.39 is 0 Å². The van der Waals surface area contributed by atoms with Crippen LogP contribution in [0.3, 0.4) is 0 Å². The molecule has 0 amide bonds. The molecule has 0 aliphatic heterocycles. The number of hydrogen-bond acceptors (Lipinski definition) is 4. The summed E-state index contributed by atoms with van der Waals surface area (Å²) >= 11 is 1.36. The largest absolute Gasteiger partial charge is 0.854 e. The number of aromatic nitrogens is 3. The van der Waals surface area contributed by atoms with Gasteiger partial charge in [-0.25, -0.2) is 4.98 Å². The summed E-state index contributed by atoms with van der Waals surface area (Å²) in [6, 6.07) is 0. The van der Waals surface area contributed by atoms with Gasteiger partial charge in [0, 0.05) is 12.0 Å². The van der Waals surface area contributed by atoms with E-state index >= 15 is 0 Å². The molecular formula is C6H9N3OS. The van der Waals surface area contributed by atoms with Gasteiger partial charge in [0.15, 0.2) is 7.05 Å². The van der Waals surface area contributed by atoms with Gasteiger partial charge in [0.25, 0.3) is 5.16 Å². The Balaban J connectivity index is 3.21. The second kappa shape index (κ2) is 3.04. The highest BCUT2D eigenvalue weighted by molar-refractivity contribution is 7.98. The second-order valence-corrected chi connectivity index (χ2v) is 2.89. The Morgan fingerprint density at radius 1 is 1.55 bits per heavy atom. The highest BCUT2D eigenvalue weighted by Crippen LogP contribution is 2.09. The van der Waals surface area contributed by atoms with Gasteiger partial charge in [-0.2, -0.15) is 0 Å². The van der Waals surface area contributed by atoms with Crippen LogP contribution in [0, 0.1) is 6.92 Å². The van der Waals surface area contributed by atoms with Crippen LogP contribution in [-0.2, 0) is 7.05 Å². The summed E-state index contributed by atoms with van der Waals surface area (Å²) in [5, 5.41) is 15.6. The van der Waals surface area contributed by atoms with Crippen molar-refractivity contribution in [3.8, 4) is 5.88 Å². The van der Waals surface area contributed by atoms with Crippen molar-refractivity contribution in [1.29, 1.82) is 0 Å². The Kier molecular flexibility index (Phi) is 2.28. The first-order valence-electron chi connectivity index (χ1n) is 3.11. The van der Waals surface area contributed by atoms with Crippen molar-refractivity contribution >= 4 is 11.8 Å². The van der Waals surface area contributed by atoms with Crippen LogP contribution < -0.4 is 9.79 Å². The normalized spacial score (nSPS) is 10.1. The Morgan fingerprint density at radius 3 is 2.64 bits per heavy atom. The molecule has 0 aromatic carbocycles. The molecule has 5 heteroatoms. The SMILES string of the molecule is CSc1nc([O-])c(C)[n+](C)n1. The topological polar surface area (TPSA) is 52.7 Å². The molecule has 0 N–H and O–H groups in total. The third-order valence-electron chi connectivity index (χ3n) is 1.41. The summed E-state index contributed by atoms with van der Waals surface area (Å²) in [5.41, 5.74) is 0.558. The molecule has 0 aliphatic carbocycles. The maximum Gasteiger partial charge on any atom is 0.253 e. The summed E-state index contributed by atoms with van der Waals surface area (Å²) in [5.74, 6) is -0.202. The zero-order chi connectivity index (χ0) is 8.43. The molecule has 1 aromatic rings. The average molecular weight is 171 g/mol. The molecule has 0 atom stereocenters. The minimum Gasteiger partial charge on any atom is -0.854 e. The van der Waals surface area contributed by atoms with Gasteiger partial charge in [0.05, 0.1) is 5.88 Å². The minimum atomic E-state index is -0.202. The highest BCUT2D eigenvalue weighted by Gasteiger charge is 2.06. The number of rotatable bonds is 1. The fourth-order valence-electron chi connectivity index (χ4n) is 0.618. The van der Waals surface area contributed by atoms with E-state index in [9.17, 15) is 5.11 Å². The van der Waals surface area contributed by atoms with Crippen LogP contribution in [0.15, 0.2) is 5.16 Å². The van der Waals surface area contributed by atoms with Crippen LogP contribution in [0.25, 0.3) is 0 Å². The minimum absolute atomic E-state index is 0.202. The lowest BCUT2D eigenvalue weighted by atomic mass is 10.5. The van der Waals surface area contributed by atoms with Gasteiger partial charge in [-0.1, -0.05) is 16.4 Å². The Bertz CT molecular complexity index is 254. The quantitative estimate of drug-likeness (QED) is 0.418. The Morgan fingerprint density at radius 2 is 2.18 bits per heavy atom. The first kappa shape index (κ1) is 8.26. The van der Waals surface area contributed by atoms with Gasteiger partial charge >= 0.3 is 0 Å². The van der Waals surface area contributed by atoms with Crippen molar-refractivity contribution < 1.29 is 9.79 Å². The summed E-state index contributed by atoms with van der Waals surface area (Å²) in [7, 11) is 1.73. The maximum absolute atomic E-state index is 11.0. The van der Waals surface area contributed by atoms with Crippen molar-refractivity contribution in [2.75, 3.05) is 6.26 Å². The number of thioether (sulfide) groups is 1. The zero-order valence-electron chi connectivity index (χ0n) is 6.66. The van der Waals surface area contributed by atoms with E-state index in [4.69, 9.17) is 0 Å². The van der Waals surface area contributed by atoms with Crippen LogP contribution in [0.5, 0.6) is 5.88 Å². The van der Waals surface area contributed by atoms with E-state index in [0.717, 1.165) is 0 Å². The fourth-order valence-corrected chi connectivity index (χ4v) is 0.997. The Hall–Kier alpha value is -0.840. The molecule has 0 aliphatic rings. The molecule has 1 aromatic heterocycles. The number of hydrogen-bond donors (Lipinski definition) is 0. The van der Waals surface area contributed by atoms with E-state index in [1.165, 1.54) is 11.8 Å². The van der Waals surface area contributed by atoms with Crippen LogP contribution in [0.2, 0.25) is 0 Å². The molecule has 11 heavy (non-hydrogen) atoms. The van der Waals surface area contributed by atoms with Crippen LogP contribution in [-0.4, -0.2) is 16.3 Å². The first-order valence-corrected chi connectivity index (χ1v) is 4.33. The molecule has 60 valence electrons. The van der Waals surface area contributed by atoms with Crippen LogP contribution >= 0.6 is 11.8 Å². The summed E-state index contributed by atoms with van der Waals surface area (Å²) in [4.78, 5) is 3.73. The molecular weight excluding hydrogens is 162 g/mol. The molecule has 0 saturated carbocycles. The molecule has 4 nitrogen and oxygen atoms in total. The number of aryl methyl sites for hydroxylation is 1. The maximum atomic E-state index is 11.0.